The van der Waals surface area contributed by atoms with Crippen LogP contribution >= 0.6 is 0 Å². The van der Waals surface area contributed by atoms with Crippen molar-refractivity contribution in [3.8, 4) is 0 Å². The lowest BCUT2D eigenvalue weighted by molar-refractivity contribution is 0.0610. The zero-order valence-corrected chi connectivity index (χ0v) is 7.82. The van der Waals surface area contributed by atoms with Crippen LogP contribution in [0.15, 0.2) is 12.5 Å². The third-order valence-corrected chi connectivity index (χ3v) is 2.49. The van der Waals surface area contributed by atoms with Crippen LogP contribution in [-0.2, 0) is 13.5 Å². The van der Waals surface area contributed by atoms with Crippen molar-refractivity contribution in [3.63, 3.8) is 0 Å². The molecular formula is C9H15N3O. The van der Waals surface area contributed by atoms with Gasteiger partial charge in [0.2, 0.25) is 0 Å². The second-order valence-corrected chi connectivity index (χ2v) is 3.86. The molecule has 0 aliphatic carbocycles. The average Bonchev–Trinajstić information content (AvgIpc) is 2.62. The van der Waals surface area contributed by atoms with Crippen LogP contribution in [0.5, 0.6) is 0 Å². The van der Waals surface area contributed by atoms with Crippen LogP contribution in [0.4, 0.5) is 0 Å². The Kier molecular flexibility index (Phi) is 2.09. The second-order valence-electron chi connectivity index (χ2n) is 3.86. The number of aliphatic hydroxyl groups is 1. The number of aryl methyl sites for hydroxylation is 1. The Morgan fingerprint density at radius 3 is 3.15 bits per heavy atom. The van der Waals surface area contributed by atoms with Crippen LogP contribution in [0.2, 0.25) is 0 Å². The van der Waals surface area contributed by atoms with Crippen LogP contribution in [0.1, 0.15) is 12.1 Å². The molecule has 1 atom stereocenters. The minimum Gasteiger partial charge on any atom is -0.388 e. The molecule has 72 valence electrons. The number of nitrogens with zero attached hydrogens (tertiary/aromatic N) is 2. The van der Waals surface area contributed by atoms with E-state index in [2.05, 4.69) is 10.3 Å². The number of hydrogen-bond acceptors (Lipinski definition) is 3. The third kappa shape index (κ3) is 1.89. The fourth-order valence-electron chi connectivity index (χ4n) is 1.78. The van der Waals surface area contributed by atoms with Crippen LogP contribution in [-0.4, -0.2) is 33.3 Å². The normalized spacial score (nSPS) is 28.2. The molecule has 0 spiro atoms. The summed E-state index contributed by atoms with van der Waals surface area (Å²) in [5, 5.41) is 13.2. The smallest absolute Gasteiger partial charge is 0.0946 e. The van der Waals surface area contributed by atoms with Crippen LogP contribution in [0.3, 0.4) is 0 Å². The van der Waals surface area contributed by atoms with E-state index in [9.17, 15) is 5.11 Å². The quantitative estimate of drug-likeness (QED) is 0.658. The first kappa shape index (κ1) is 8.72. The molecule has 0 aromatic carbocycles. The molecule has 1 saturated heterocycles. The Labute approximate surface area is 77.6 Å². The molecule has 1 aromatic rings. The van der Waals surface area contributed by atoms with Gasteiger partial charge in [-0.2, -0.15) is 0 Å². The van der Waals surface area contributed by atoms with Crippen LogP contribution in [0.25, 0.3) is 0 Å². The first-order valence-corrected chi connectivity index (χ1v) is 4.58. The van der Waals surface area contributed by atoms with E-state index in [0.29, 0.717) is 13.0 Å². The van der Waals surface area contributed by atoms with E-state index in [0.717, 1.165) is 18.7 Å². The fourth-order valence-corrected chi connectivity index (χ4v) is 1.78. The van der Waals surface area contributed by atoms with Crippen molar-refractivity contribution in [2.75, 3.05) is 13.1 Å². The number of nitrogens with one attached hydrogen (secondary N) is 1. The topological polar surface area (TPSA) is 50.1 Å². The third-order valence-electron chi connectivity index (χ3n) is 2.49. The van der Waals surface area contributed by atoms with E-state index >= 15 is 0 Å². The van der Waals surface area contributed by atoms with Gasteiger partial charge in [-0.25, -0.2) is 4.98 Å². The molecule has 0 radical (unpaired) electrons. The summed E-state index contributed by atoms with van der Waals surface area (Å²) in [7, 11) is 1.94. The maximum absolute atomic E-state index is 10.0. The molecule has 1 aliphatic rings. The Morgan fingerprint density at radius 1 is 1.77 bits per heavy atom. The SMILES string of the molecule is Cn1cnc(CC2(O)CCNC2)c1. The van der Waals surface area contributed by atoms with Gasteiger partial charge in [0, 0.05) is 26.2 Å². The molecule has 1 fully saturated rings. The molecule has 2 heterocycles. The zero-order valence-electron chi connectivity index (χ0n) is 7.82. The number of rotatable bonds is 2. The summed E-state index contributed by atoms with van der Waals surface area (Å²) < 4.78 is 1.90. The summed E-state index contributed by atoms with van der Waals surface area (Å²) in [6.07, 6.45) is 5.20. The number of aromatic nitrogens is 2. The van der Waals surface area contributed by atoms with Crippen molar-refractivity contribution < 1.29 is 5.11 Å². The molecule has 4 heteroatoms. The largest absolute Gasteiger partial charge is 0.388 e. The Bertz CT molecular complexity index is 289. The zero-order chi connectivity index (χ0) is 9.31. The van der Waals surface area contributed by atoms with Gasteiger partial charge in [-0.15, -0.1) is 0 Å². The molecule has 2 rings (SSSR count). The first-order valence-electron chi connectivity index (χ1n) is 4.58. The summed E-state index contributed by atoms with van der Waals surface area (Å²) in [6, 6.07) is 0. The van der Waals surface area contributed by atoms with Gasteiger partial charge in [0.15, 0.2) is 0 Å². The Hall–Kier alpha value is -0.870. The summed E-state index contributed by atoms with van der Waals surface area (Å²) in [4.78, 5) is 4.20. The predicted octanol–water partition coefficient (Wildman–Crippen LogP) is -0.313. The van der Waals surface area contributed by atoms with Crippen LogP contribution in [0, 0.1) is 0 Å². The first-order chi connectivity index (χ1) is 6.18. The van der Waals surface area contributed by atoms with E-state index in [4.69, 9.17) is 0 Å². The van der Waals surface area contributed by atoms with Crippen molar-refractivity contribution in [2.24, 2.45) is 7.05 Å². The van der Waals surface area contributed by atoms with E-state index in [-0.39, 0.29) is 0 Å². The minimum absolute atomic E-state index is 0.575. The van der Waals surface area contributed by atoms with Gasteiger partial charge >= 0.3 is 0 Å². The van der Waals surface area contributed by atoms with Crippen molar-refractivity contribution >= 4 is 0 Å². The van der Waals surface area contributed by atoms with Gasteiger partial charge in [-0.1, -0.05) is 0 Å². The minimum atomic E-state index is -0.575. The van der Waals surface area contributed by atoms with Gasteiger partial charge in [-0.05, 0) is 13.0 Å². The predicted molar refractivity (Wildman–Crippen MR) is 49.3 cm³/mol. The van der Waals surface area contributed by atoms with Crippen LogP contribution < -0.4 is 5.32 Å². The molecule has 1 unspecified atom stereocenters. The van der Waals surface area contributed by atoms with E-state index in [1.54, 1.807) is 6.33 Å². The van der Waals surface area contributed by atoms with Crippen molar-refractivity contribution in [2.45, 2.75) is 18.4 Å². The van der Waals surface area contributed by atoms with Crippen molar-refractivity contribution in [1.82, 2.24) is 14.9 Å². The van der Waals surface area contributed by atoms with E-state index in [1.807, 2.05) is 17.8 Å². The lowest BCUT2D eigenvalue weighted by Gasteiger charge is -2.19. The van der Waals surface area contributed by atoms with Crippen molar-refractivity contribution in [1.29, 1.82) is 0 Å². The summed E-state index contributed by atoms with van der Waals surface area (Å²) >= 11 is 0. The van der Waals surface area contributed by atoms with Gasteiger partial charge in [0.25, 0.3) is 0 Å². The molecular weight excluding hydrogens is 166 g/mol. The highest BCUT2D eigenvalue weighted by Crippen LogP contribution is 2.18. The summed E-state index contributed by atoms with van der Waals surface area (Å²) in [5.41, 5.74) is 0.391. The number of β-amino-alcohol motifs (C(OH)–C–C–N with tert-alkyl or cyclic N) is 1. The maximum Gasteiger partial charge on any atom is 0.0946 e. The lowest BCUT2D eigenvalue weighted by Crippen LogP contribution is -2.33. The monoisotopic (exact) mass is 181 g/mol. The van der Waals surface area contributed by atoms with Gasteiger partial charge in [0.1, 0.15) is 0 Å². The molecule has 13 heavy (non-hydrogen) atoms. The Morgan fingerprint density at radius 2 is 2.62 bits per heavy atom. The van der Waals surface area contributed by atoms with Crippen molar-refractivity contribution in [3.05, 3.63) is 18.2 Å². The highest BCUT2D eigenvalue weighted by molar-refractivity contribution is 5.04. The molecule has 4 nitrogen and oxygen atoms in total. The molecule has 0 saturated carbocycles. The van der Waals surface area contributed by atoms with Gasteiger partial charge in [-0.3, -0.25) is 0 Å². The van der Waals surface area contributed by atoms with Gasteiger partial charge in [0.05, 0.1) is 17.6 Å². The Balaban J connectivity index is 2.04. The molecule has 0 bridgehead atoms. The van der Waals surface area contributed by atoms with E-state index in [1.165, 1.54) is 0 Å². The summed E-state index contributed by atoms with van der Waals surface area (Å²) in [5.74, 6) is 0. The molecule has 2 N–H and O–H groups in total. The second kappa shape index (κ2) is 3.12. The highest BCUT2D eigenvalue weighted by atomic mass is 16.3. The van der Waals surface area contributed by atoms with E-state index < -0.39 is 5.60 Å². The number of hydrogen-bond donors (Lipinski definition) is 2. The van der Waals surface area contributed by atoms with Gasteiger partial charge < -0.3 is 15.0 Å². The molecule has 0 amide bonds. The standard InChI is InChI=1S/C9H15N3O/c1-12-5-8(11-7-12)4-9(13)2-3-10-6-9/h5,7,10,13H,2-4,6H2,1H3. The molecule has 1 aliphatic heterocycles. The molecule has 1 aromatic heterocycles. The fraction of sp³-hybridized carbons (Fsp3) is 0.667. The average molecular weight is 181 g/mol. The summed E-state index contributed by atoms with van der Waals surface area (Å²) in [6.45, 7) is 1.59. The number of imidazole rings is 1. The maximum atomic E-state index is 10.0. The lowest BCUT2D eigenvalue weighted by atomic mass is 9.97. The highest BCUT2D eigenvalue weighted by Gasteiger charge is 2.31.